The fourth-order valence-corrected chi connectivity index (χ4v) is 3.91. The molecule has 7 heteroatoms. The maximum absolute atomic E-state index is 13.2. The molecular formula is C25H35NO5S. The van der Waals surface area contributed by atoms with E-state index in [1.54, 1.807) is 36.3 Å². The first kappa shape index (κ1) is 25.9. The molecule has 0 aliphatic carbocycles. The third-order valence-corrected chi connectivity index (χ3v) is 5.62. The maximum atomic E-state index is 13.2. The van der Waals surface area contributed by atoms with Crippen molar-refractivity contribution in [3.63, 3.8) is 0 Å². The molecule has 2 aromatic rings. The number of carbonyl (C=O) groups excluding carboxylic acids is 1. The second-order valence-corrected chi connectivity index (χ2v) is 9.59. The van der Waals surface area contributed by atoms with Crippen molar-refractivity contribution in [2.45, 2.75) is 52.0 Å². The number of hydrogen-bond acceptors (Lipinski definition) is 5. The highest BCUT2D eigenvalue weighted by atomic mass is 32.2. The molecule has 2 aromatic carbocycles. The summed E-state index contributed by atoms with van der Waals surface area (Å²) in [6.45, 7) is 3.76. The summed E-state index contributed by atoms with van der Waals surface area (Å²) < 4.78 is 32.6. The summed E-state index contributed by atoms with van der Waals surface area (Å²) in [4.78, 5) is 15.0. The summed E-state index contributed by atoms with van der Waals surface area (Å²) in [6, 6.07) is 14.7. The molecule has 0 aliphatic heterocycles. The number of hydrogen-bond donors (Lipinski definition) is 0. The number of rotatable bonds is 14. The standard InChI is InChI=1S/C25H35NO5S/c1-4-5-6-7-9-21-10-14-23(15-11-21)25(27)26(18-8-19-30-2)20-22-12-16-24(17-13-22)31-32(3,28)29/h10-17H,4-9,18-20H2,1-3H3. The zero-order chi connectivity index (χ0) is 23.4. The van der Waals surface area contributed by atoms with Gasteiger partial charge in [0.2, 0.25) is 0 Å². The van der Waals surface area contributed by atoms with Gasteiger partial charge in [0.25, 0.3) is 5.91 Å². The van der Waals surface area contributed by atoms with Crippen molar-refractivity contribution in [3.05, 3.63) is 65.2 Å². The van der Waals surface area contributed by atoms with Crippen LogP contribution in [0, 0.1) is 0 Å². The van der Waals surface area contributed by atoms with E-state index in [0.717, 1.165) is 24.7 Å². The van der Waals surface area contributed by atoms with Crippen LogP contribution in [0.2, 0.25) is 0 Å². The smallest absolute Gasteiger partial charge is 0.306 e. The summed E-state index contributed by atoms with van der Waals surface area (Å²) in [5.41, 5.74) is 2.81. The van der Waals surface area contributed by atoms with Crippen LogP contribution < -0.4 is 4.18 Å². The Balaban J connectivity index is 2.06. The highest BCUT2D eigenvalue weighted by Gasteiger charge is 2.16. The van der Waals surface area contributed by atoms with E-state index in [0.29, 0.717) is 25.3 Å². The van der Waals surface area contributed by atoms with Crippen molar-refractivity contribution >= 4 is 16.0 Å². The number of amides is 1. The van der Waals surface area contributed by atoms with Crippen molar-refractivity contribution in [3.8, 4) is 5.75 Å². The van der Waals surface area contributed by atoms with E-state index in [1.165, 1.54) is 31.2 Å². The lowest BCUT2D eigenvalue weighted by atomic mass is 10.0. The summed E-state index contributed by atoms with van der Waals surface area (Å²) in [5.74, 6) is 0.220. The quantitative estimate of drug-likeness (QED) is 0.298. The molecule has 0 heterocycles. The van der Waals surface area contributed by atoms with Gasteiger partial charge in [0.1, 0.15) is 5.75 Å². The third-order valence-electron chi connectivity index (χ3n) is 5.13. The largest absolute Gasteiger partial charge is 0.385 e. The second kappa shape index (κ2) is 13.2. The second-order valence-electron chi connectivity index (χ2n) is 8.01. The van der Waals surface area contributed by atoms with Crippen LogP contribution in [-0.4, -0.2) is 45.7 Å². The van der Waals surface area contributed by atoms with E-state index in [9.17, 15) is 13.2 Å². The lowest BCUT2D eigenvalue weighted by Crippen LogP contribution is -2.32. The normalized spacial score (nSPS) is 11.3. The fourth-order valence-electron chi connectivity index (χ4n) is 3.45. The predicted octanol–water partition coefficient (Wildman–Crippen LogP) is 4.83. The Bertz CT molecular complexity index is 924. The Kier molecular flexibility index (Phi) is 10.7. The van der Waals surface area contributed by atoms with E-state index >= 15 is 0 Å². The molecule has 0 saturated carbocycles. The van der Waals surface area contributed by atoms with E-state index in [2.05, 4.69) is 6.92 Å². The number of carbonyl (C=O) groups is 1. The molecule has 176 valence electrons. The molecular weight excluding hydrogens is 426 g/mol. The Morgan fingerprint density at radius 3 is 2.16 bits per heavy atom. The highest BCUT2D eigenvalue weighted by molar-refractivity contribution is 7.86. The van der Waals surface area contributed by atoms with Gasteiger partial charge < -0.3 is 13.8 Å². The molecule has 0 unspecified atom stereocenters. The molecule has 0 fully saturated rings. The van der Waals surface area contributed by atoms with Gasteiger partial charge in [0.15, 0.2) is 0 Å². The zero-order valence-electron chi connectivity index (χ0n) is 19.4. The molecule has 0 spiro atoms. The van der Waals surface area contributed by atoms with Crippen molar-refractivity contribution < 1.29 is 22.1 Å². The summed E-state index contributed by atoms with van der Waals surface area (Å²) in [6.07, 6.45) is 7.66. The molecule has 0 saturated heterocycles. The number of benzene rings is 2. The van der Waals surface area contributed by atoms with Gasteiger partial charge >= 0.3 is 10.1 Å². The molecule has 0 radical (unpaired) electrons. The minimum atomic E-state index is -3.57. The van der Waals surface area contributed by atoms with E-state index < -0.39 is 10.1 Å². The van der Waals surface area contributed by atoms with Gasteiger partial charge in [-0.2, -0.15) is 8.42 Å². The van der Waals surface area contributed by atoms with Gasteiger partial charge in [-0.1, -0.05) is 50.5 Å². The van der Waals surface area contributed by atoms with Crippen LogP contribution in [-0.2, 0) is 27.8 Å². The summed E-state index contributed by atoms with van der Waals surface area (Å²) in [7, 11) is -1.92. The number of aryl methyl sites for hydroxylation is 1. The van der Waals surface area contributed by atoms with Gasteiger partial charge in [0, 0.05) is 32.4 Å². The van der Waals surface area contributed by atoms with E-state index in [-0.39, 0.29) is 11.7 Å². The minimum Gasteiger partial charge on any atom is -0.385 e. The Hall–Kier alpha value is -2.38. The molecule has 6 nitrogen and oxygen atoms in total. The molecule has 0 aromatic heterocycles. The third kappa shape index (κ3) is 9.40. The van der Waals surface area contributed by atoms with Crippen molar-refractivity contribution in [1.29, 1.82) is 0 Å². The molecule has 2 rings (SSSR count). The first-order valence-corrected chi connectivity index (χ1v) is 13.0. The highest BCUT2D eigenvalue weighted by Crippen LogP contribution is 2.17. The maximum Gasteiger partial charge on any atom is 0.306 e. The van der Waals surface area contributed by atoms with E-state index in [1.807, 2.05) is 24.3 Å². The van der Waals surface area contributed by atoms with Crippen molar-refractivity contribution in [2.24, 2.45) is 0 Å². The average molecular weight is 462 g/mol. The Labute approximate surface area is 192 Å². The Morgan fingerprint density at radius 2 is 1.56 bits per heavy atom. The summed E-state index contributed by atoms with van der Waals surface area (Å²) in [5, 5.41) is 0. The molecule has 32 heavy (non-hydrogen) atoms. The van der Waals surface area contributed by atoms with Crippen LogP contribution >= 0.6 is 0 Å². The molecule has 0 N–H and O–H groups in total. The van der Waals surface area contributed by atoms with E-state index in [4.69, 9.17) is 8.92 Å². The monoisotopic (exact) mass is 461 g/mol. The van der Waals surface area contributed by atoms with Crippen LogP contribution in [0.25, 0.3) is 0 Å². The van der Waals surface area contributed by atoms with Crippen LogP contribution in [0.1, 0.15) is 60.5 Å². The lowest BCUT2D eigenvalue weighted by Gasteiger charge is -2.23. The number of unbranched alkanes of at least 4 members (excludes halogenated alkanes) is 3. The first-order chi connectivity index (χ1) is 15.3. The van der Waals surface area contributed by atoms with Gasteiger partial charge in [-0.25, -0.2) is 0 Å². The van der Waals surface area contributed by atoms with Crippen LogP contribution in [0.3, 0.4) is 0 Å². The average Bonchev–Trinajstić information content (AvgIpc) is 2.76. The predicted molar refractivity (Wildman–Crippen MR) is 127 cm³/mol. The first-order valence-electron chi connectivity index (χ1n) is 11.2. The van der Waals surface area contributed by atoms with Crippen molar-refractivity contribution in [1.82, 2.24) is 4.90 Å². The van der Waals surface area contributed by atoms with Gasteiger partial charge in [-0.05, 0) is 54.7 Å². The van der Waals surface area contributed by atoms with Gasteiger partial charge in [-0.15, -0.1) is 0 Å². The SMILES string of the molecule is CCCCCCc1ccc(C(=O)N(CCCOC)Cc2ccc(OS(C)(=O)=O)cc2)cc1. The van der Waals surface area contributed by atoms with Crippen LogP contribution in [0.4, 0.5) is 0 Å². The van der Waals surface area contributed by atoms with Gasteiger partial charge in [0.05, 0.1) is 6.26 Å². The van der Waals surface area contributed by atoms with Crippen LogP contribution in [0.15, 0.2) is 48.5 Å². The minimum absolute atomic E-state index is 0.0323. The fraction of sp³-hybridized carbons (Fsp3) is 0.480. The number of nitrogens with zero attached hydrogens (tertiary/aromatic N) is 1. The van der Waals surface area contributed by atoms with Gasteiger partial charge in [-0.3, -0.25) is 4.79 Å². The molecule has 0 atom stereocenters. The van der Waals surface area contributed by atoms with Crippen molar-refractivity contribution in [2.75, 3.05) is 26.5 Å². The topological polar surface area (TPSA) is 72.9 Å². The Morgan fingerprint density at radius 1 is 0.906 bits per heavy atom. The zero-order valence-corrected chi connectivity index (χ0v) is 20.2. The summed E-state index contributed by atoms with van der Waals surface area (Å²) >= 11 is 0. The molecule has 1 amide bonds. The lowest BCUT2D eigenvalue weighted by molar-refractivity contribution is 0.0723. The molecule has 0 bridgehead atoms. The van der Waals surface area contributed by atoms with Crippen LogP contribution in [0.5, 0.6) is 5.75 Å². The molecule has 0 aliphatic rings. The number of methoxy groups -OCH3 is 1. The number of ether oxygens (including phenoxy) is 1.